The van der Waals surface area contributed by atoms with Gasteiger partial charge in [0.15, 0.2) is 11.5 Å². The van der Waals surface area contributed by atoms with Gasteiger partial charge in [-0.2, -0.15) is 0 Å². The van der Waals surface area contributed by atoms with Crippen molar-refractivity contribution in [3.05, 3.63) is 54.1 Å². The topological polar surface area (TPSA) is 67.9 Å². The molecule has 0 bridgehead atoms. The molecule has 0 saturated heterocycles. The SMILES string of the molecule is COc1cccc(-c2cccc([C@]3(C4CC4)N=C(N)N(C)C3=O)c2)c1. The van der Waals surface area contributed by atoms with Gasteiger partial charge in [-0.05, 0) is 53.6 Å². The molecule has 2 N–H and O–H groups in total. The normalized spacial score (nSPS) is 22.9. The van der Waals surface area contributed by atoms with E-state index in [4.69, 9.17) is 10.5 Å². The molecule has 1 aliphatic carbocycles. The van der Waals surface area contributed by atoms with Crippen LogP contribution in [0.4, 0.5) is 0 Å². The first-order chi connectivity index (χ1) is 12.1. The monoisotopic (exact) mass is 335 g/mol. The number of benzene rings is 2. The molecule has 0 radical (unpaired) electrons. The predicted molar refractivity (Wildman–Crippen MR) is 97.2 cm³/mol. The Morgan fingerprint density at radius 1 is 1.16 bits per heavy atom. The molecule has 2 aliphatic rings. The fourth-order valence-corrected chi connectivity index (χ4v) is 3.59. The number of rotatable bonds is 4. The van der Waals surface area contributed by atoms with Gasteiger partial charge in [0.25, 0.3) is 5.91 Å². The lowest BCUT2D eigenvalue weighted by Crippen LogP contribution is -2.41. The van der Waals surface area contributed by atoms with E-state index in [0.29, 0.717) is 5.96 Å². The molecule has 5 nitrogen and oxygen atoms in total. The van der Waals surface area contributed by atoms with Gasteiger partial charge in [-0.1, -0.05) is 30.3 Å². The largest absolute Gasteiger partial charge is 0.497 e. The third kappa shape index (κ3) is 2.38. The van der Waals surface area contributed by atoms with Crippen LogP contribution in [0.15, 0.2) is 53.5 Å². The maximum absolute atomic E-state index is 13.0. The van der Waals surface area contributed by atoms with Crippen molar-refractivity contribution < 1.29 is 9.53 Å². The lowest BCUT2D eigenvalue weighted by molar-refractivity contribution is -0.131. The number of carbonyl (C=O) groups is 1. The zero-order valence-corrected chi connectivity index (χ0v) is 14.4. The second-order valence-electron chi connectivity index (χ2n) is 6.69. The molecule has 0 spiro atoms. The van der Waals surface area contributed by atoms with E-state index >= 15 is 0 Å². The van der Waals surface area contributed by atoms with Gasteiger partial charge in [-0.3, -0.25) is 9.69 Å². The van der Waals surface area contributed by atoms with Crippen molar-refractivity contribution in [1.82, 2.24) is 4.90 Å². The van der Waals surface area contributed by atoms with Gasteiger partial charge < -0.3 is 10.5 Å². The Morgan fingerprint density at radius 2 is 1.84 bits per heavy atom. The standard InChI is InChI=1S/C20H21N3O2/c1-23-18(24)20(15-9-10-15,22-19(23)21)16-7-3-5-13(11-16)14-6-4-8-17(12-14)25-2/h3-8,11-12,15H,9-10H2,1-2H3,(H2,21,22)/t20-/m0/s1. The zero-order valence-electron chi connectivity index (χ0n) is 14.4. The highest BCUT2D eigenvalue weighted by atomic mass is 16.5. The highest BCUT2D eigenvalue weighted by molar-refractivity contribution is 6.07. The van der Waals surface area contributed by atoms with E-state index in [2.05, 4.69) is 11.1 Å². The number of nitrogens with zero attached hydrogens (tertiary/aromatic N) is 2. The summed E-state index contributed by atoms with van der Waals surface area (Å²) in [5.74, 6) is 1.29. The summed E-state index contributed by atoms with van der Waals surface area (Å²) in [7, 11) is 3.35. The van der Waals surface area contributed by atoms with E-state index in [1.54, 1.807) is 14.2 Å². The quantitative estimate of drug-likeness (QED) is 0.934. The van der Waals surface area contributed by atoms with Crippen LogP contribution in [0.3, 0.4) is 0 Å². The number of methoxy groups -OCH3 is 1. The Bertz CT molecular complexity index is 873. The summed E-state index contributed by atoms with van der Waals surface area (Å²) < 4.78 is 5.32. The third-order valence-electron chi connectivity index (χ3n) is 5.14. The second kappa shape index (κ2) is 5.62. The van der Waals surface area contributed by atoms with Crippen LogP contribution >= 0.6 is 0 Å². The number of carbonyl (C=O) groups excluding carboxylic acids is 1. The number of guanidine groups is 1. The minimum absolute atomic E-state index is 0.0321. The molecule has 1 fully saturated rings. The first kappa shape index (κ1) is 15.7. The first-order valence-corrected chi connectivity index (χ1v) is 8.44. The summed E-state index contributed by atoms with van der Waals surface area (Å²) in [4.78, 5) is 19.1. The van der Waals surface area contributed by atoms with Crippen molar-refractivity contribution in [2.24, 2.45) is 16.6 Å². The molecule has 0 unspecified atom stereocenters. The Balaban J connectivity index is 1.82. The number of likely N-dealkylation sites (N-methyl/N-ethyl adjacent to an activating group) is 1. The Morgan fingerprint density at radius 3 is 2.44 bits per heavy atom. The highest BCUT2D eigenvalue weighted by Crippen LogP contribution is 2.51. The summed E-state index contributed by atoms with van der Waals surface area (Å²) in [5.41, 5.74) is 8.09. The van der Waals surface area contributed by atoms with E-state index in [1.807, 2.05) is 42.5 Å². The van der Waals surface area contributed by atoms with Gasteiger partial charge in [0.1, 0.15) is 5.75 Å². The van der Waals surface area contributed by atoms with Gasteiger partial charge in [0.05, 0.1) is 7.11 Å². The zero-order chi connectivity index (χ0) is 17.6. The number of hydrogen-bond donors (Lipinski definition) is 1. The van der Waals surface area contributed by atoms with Crippen LogP contribution in [0, 0.1) is 5.92 Å². The molecule has 25 heavy (non-hydrogen) atoms. The number of aliphatic imine (C=N–C) groups is 1. The summed E-state index contributed by atoms with van der Waals surface area (Å²) >= 11 is 0. The third-order valence-corrected chi connectivity index (χ3v) is 5.14. The summed E-state index contributed by atoms with van der Waals surface area (Å²) in [6.07, 6.45) is 2.00. The van der Waals surface area contributed by atoms with E-state index in [1.165, 1.54) is 4.90 Å². The van der Waals surface area contributed by atoms with Crippen LogP contribution in [0.5, 0.6) is 5.75 Å². The van der Waals surface area contributed by atoms with Crippen molar-refractivity contribution in [3.8, 4) is 16.9 Å². The van der Waals surface area contributed by atoms with Crippen LogP contribution in [0.1, 0.15) is 18.4 Å². The van der Waals surface area contributed by atoms with Crippen molar-refractivity contribution in [1.29, 1.82) is 0 Å². The fourth-order valence-electron chi connectivity index (χ4n) is 3.59. The molecule has 1 atom stereocenters. The van der Waals surface area contributed by atoms with E-state index < -0.39 is 5.54 Å². The number of hydrogen-bond acceptors (Lipinski definition) is 4. The van der Waals surface area contributed by atoms with Crippen molar-refractivity contribution >= 4 is 11.9 Å². The summed E-state index contributed by atoms with van der Waals surface area (Å²) in [5, 5.41) is 0. The van der Waals surface area contributed by atoms with Gasteiger partial charge in [0, 0.05) is 7.05 Å². The van der Waals surface area contributed by atoms with Crippen LogP contribution in [-0.4, -0.2) is 30.9 Å². The predicted octanol–water partition coefficient (Wildman–Crippen LogP) is 2.75. The minimum atomic E-state index is -0.867. The van der Waals surface area contributed by atoms with Gasteiger partial charge in [0.2, 0.25) is 0 Å². The molecular weight excluding hydrogens is 314 g/mol. The fraction of sp³-hybridized carbons (Fsp3) is 0.300. The van der Waals surface area contributed by atoms with Crippen molar-refractivity contribution in [3.63, 3.8) is 0 Å². The second-order valence-corrected chi connectivity index (χ2v) is 6.69. The van der Waals surface area contributed by atoms with Crippen LogP contribution in [0.2, 0.25) is 0 Å². The van der Waals surface area contributed by atoms with Crippen molar-refractivity contribution in [2.75, 3.05) is 14.2 Å². The molecule has 1 amide bonds. The molecule has 2 aromatic carbocycles. The smallest absolute Gasteiger partial charge is 0.261 e. The minimum Gasteiger partial charge on any atom is -0.497 e. The van der Waals surface area contributed by atoms with Gasteiger partial charge >= 0.3 is 0 Å². The average Bonchev–Trinajstić information content (AvgIpc) is 3.47. The Hall–Kier alpha value is -2.82. The van der Waals surface area contributed by atoms with E-state index in [0.717, 1.165) is 35.3 Å². The van der Waals surface area contributed by atoms with E-state index in [9.17, 15) is 4.79 Å². The average molecular weight is 335 g/mol. The summed E-state index contributed by atoms with van der Waals surface area (Å²) in [6.45, 7) is 0. The Labute approximate surface area is 147 Å². The van der Waals surface area contributed by atoms with Crippen LogP contribution in [0.25, 0.3) is 11.1 Å². The van der Waals surface area contributed by atoms with Crippen molar-refractivity contribution in [2.45, 2.75) is 18.4 Å². The molecular formula is C20H21N3O2. The highest BCUT2D eigenvalue weighted by Gasteiger charge is 2.57. The molecule has 4 rings (SSSR count). The summed E-state index contributed by atoms with van der Waals surface area (Å²) in [6, 6.07) is 16.0. The van der Waals surface area contributed by atoms with Gasteiger partial charge in [-0.25, -0.2) is 4.99 Å². The number of nitrogens with two attached hydrogens (primary N) is 1. The molecule has 5 heteroatoms. The maximum Gasteiger partial charge on any atom is 0.261 e. The molecule has 2 aromatic rings. The number of ether oxygens (including phenoxy) is 1. The maximum atomic E-state index is 13.0. The van der Waals surface area contributed by atoms with E-state index in [-0.39, 0.29) is 11.8 Å². The lowest BCUT2D eigenvalue weighted by atomic mass is 9.83. The lowest BCUT2D eigenvalue weighted by Gasteiger charge is -2.25. The molecule has 1 aliphatic heterocycles. The molecule has 128 valence electrons. The van der Waals surface area contributed by atoms with Crippen LogP contribution < -0.4 is 10.5 Å². The first-order valence-electron chi connectivity index (χ1n) is 8.44. The molecule has 0 aromatic heterocycles. The molecule has 1 heterocycles. The number of amides is 1. The Kier molecular flexibility index (Phi) is 3.53. The van der Waals surface area contributed by atoms with Gasteiger partial charge in [-0.15, -0.1) is 0 Å². The molecule has 1 saturated carbocycles. The van der Waals surface area contributed by atoms with Crippen LogP contribution in [-0.2, 0) is 10.3 Å².